The van der Waals surface area contributed by atoms with Gasteiger partial charge in [-0.05, 0) is 30.5 Å². The third kappa shape index (κ3) is 5.83. The second kappa shape index (κ2) is 9.78. The van der Waals surface area contributed by atoms with Crippen molar-refractivity contribution in [2.24, 2.45) is 5.73 Å². The topological polar surface area (TPSA) is 161 Å². The van der Waals surface area contributed by atoms with Crippen molar-refractivity contribution in [2.45, 2.75) is 37.8 Å². The van der Waals surface area contributed by atoms with E-state index >= 15 is 0 Å². The van der Waals surface area contributed by atoms with E-state index in [0.29, 0.717) is 36.8 Å². The number of carbonyl (C=O) groups is 2. The first-order chi connectivity index (χ1) is 14.7. The summed E-state index contributed by atoms with van der Waals surface area (Å²) in [5.41, 5.74) is 8.75. The van der Waals surface area contributed by atoms with Gasteiger partial charge in [0.15, 0.2) is 0 Å². The average molecular weight is 458 g/mol. The van der Waals surface area contributed by atoms with Gasteiger partial charge in [0.2, 0.25) is 0 Å². The molecule has 2 bridgehead atoms. The molecule has 1 aromatic rings. The summed E-state index contributed by atoms with van der Waals surface area (Å²) in [4.78, 5) is 31.4. The standard InChI is InChI=1S/C18H26N4O8S/c1-12(13-2-5-15(6-3-13)28-9-8-19)11-29-20-17(23)16-7-4-14-10-21(16)18(24)22(14)30-31(25,26)27/h2-3,5-6,12,14,16H,4,7-11,19H2,1H3,(H,20,23)(H,25,26,27). The number of nitrogens with two attached hydrogens (primary N) is 1. The number of hydroxylamine groups is 3. The summed E-state index contributed by atoms with van der Waals surface area (Å²) in [5.74, 6) is 0.179. The summed E-state index contributed by atoms with van der Waals surface area (Å²) in [5, 5.41) is 0.590. The third-order valence-electron chi connectivity index (χ3n) is 5.14. The fourth-order valence-electron chi connectivity index (χ4n) is 3.58. The maximum absolute atomic E-state index is 12.5. The van der Waals surface area contributed by atoms with Crippen LogP contribution in [0.5, 0.6) is 5.75 Å². The fraction of sp³-hybridized carbons (Fsp3) is 0.556. The van der Waals surface area contributed by atoms with Crippen LogP contribution in [0.3, 0.4) is 0 Å². The molecule has 3 amide bonds. The summed E-state index contributed by atoms with van der Waals surface area (Å²) >= 11 is 0. The maximum atomic E-state index is 12.5. The van der Waals surface area contributed by atoms with Crippen LogP contribution in [-0.4, -0.2) is 73.3 Å². The van der Waals surface area contributed by atoms with Gasteiger partial charge in [-0.2, -0.15) is 13.5 Å². The van der Waals surface area contributed by atoms with E-state index in [1.54, 1.807) is 0 Å². The molecule has 0 aliphatic carbocycles. The number of benzene rings is 1. The summed E-state index contributed by atoms with van der Waals surface area (Å²) in [6.07, 6.45) is 0.640. The number of urea groups is 1. The molecule has 3 rings (SSSR count). The number of hydrogen-bond donors (Lipinski definition) is 3. The molecule has 2 aliphatic heterocycles. The third-order valence-corrected chi connectivity index (χ3v) is 5.49. The van der Waals surface area contributed by atoms with Gasteiger partial charge in [-0.3, -0.25) is 14.2 Å². The van der Waals surface area contributed by atoms with Gasteiger partial charge in [0.25, 0.3) is 5.91 Å². The molecule has 0 saturated carbocycles. The highest BCUT2D eigenvalue weighted by Crippen LogP contribution is 2.30. The van der Waals surface area contributed by atoms with Crippen molar-refractivity contribution < 1.29 is 36.4 Å². The van der Waals surface area contributed by atoms with E-state index in [0.717, 1.165) is 5.56 Å². The summed E-state index contributed by atoms with van der Waals surface area (Å²) in [6.45, 7) is 3.12. The summed E-state index contributed by atoms with van der Waals surface area (Å²) < 4.78 is 40.5. The molecule has 12 nitrogen and oxygen atoms in total. The minimum Gasteiger partial charge on any atom is -0.492 e. The van der Waals surface area contributed by atoms with Crippen LogP contribution < -0.4 is 16.0 Å². The van der Waals surface area contributed by atoms with E-state index in [1.165, 1.54) is 4.90 Å². The Kier molecular flexibility index (Phi) is 7.33. The van der Waals surface area contributed by atoms with Crippen molar-refractivity contribution in [2.75, 3.05) is 26.3 Å². The largest absolute Gasteiger partial charge is 0.492 e. The van der Waals surface area contributed by atoms with Gasteiger partial charge in [0.05, 0.1) is 12.6 Å². The molecule has 3 unspecified atom stereocenters. The van der Waals surface area contributed by atoms with E-state index in [2.05, 4.69) is 9.76 Å². The van der Waals surface area contributed by atoms with Crippen LogP contribution in [0.15, 0.2) is 24.3 Å². The van der Waals surface area contributed by atoms with Crippen LogP contribution >= 0.6 is 0 Å². The van der Waals surface area contributed by atoms with E-state index in [9.17, 15) is 18.0 Å². The number of fused-ring (bicyclic) bond motifs is 2. The van der Waals surface area contributed by atoms with Crippen molar-refractivity contribution >= 4 is 22.3 Å². The van der Waals surface area contributed by atoms with Crippen LogP contribution in [-0.2, 0) is 24.3 Å². The van der Waals surface area contributed by atoms with E-state index in [4.69, 9.17) is 19.9 Å². The van der Waals surface area contributed by atoms with Crippen LogP contribution in [0.25, 0.3) is 0 Å². The first-order valence-electron chi connectivity index (χ1n) is 9.81. The molecule has 0 radical (unpaired) electrons. The van der Waals surface area contributed by atoms with Gasteiger partial charge in [0, 0.05) is 19.0 Å². The van der Waals surface area contributed by atoms with Crippen LogP contribution in [0.4, 0.5) is 4.79 Å². The van der Waals surface area contributed by atoms with Gasteiger partial charge in [0.1, 0.15) is 18.4 Å². The lowest BCUT2D eigenvalue weighted by molar-refractivity contribution is -0.139. The fourth-order valence-corrected chi connectivity index (χ4v) is 3.96. The van der Waals surface area contributed by atoms with Gasteiger partial charge in [-0.1, -0.05) is 19.1 Å². The van der Waals surface area contributed by atoms with Crippen molar-refractivity contribution in [1.82, 2.24) is 15.4 Å². The Morgan fingerprint density at radius 2 is 2.03 bits per heavy atom. The molecular weight excluding hydrogens is 432 g/mol. The normalized spacial score (nSPS) is 21.8. The minimum atomic E-state index is -4.83. The number of hydrogen-bond acceptors (Lipinski definition) is 8. The predicted molar refractivity (Wildman–Crippen MR) is 107 cm³/mol. The highest BCUT2D eigenvalue weighted by molar-refractivity contribution is 7.80. The highest BCUT2D eigenvalue weighted by Gasteiger charge is 2.49. The van der Waals surface area contributed by atoms with Gasteiger partial charge < -0.3 is 15.4 Å². The van der Waals surface area contributed by atoms with Crippen LogP contribution in [0.2, 0.25) is 0 Å². The number of carbonyl (C=O) groups excluding carboxylic acids is 2. The molecule has 172 valence electrons. The average Bonchev–Trinajstić information content (AvgIpc) is 2.96. The smallest absolute Gasteiger partial charge is 0.418 e. The molecule has 4 N–H and O–H groups in total. The number of amides is 3. The van der Waals surface area contributed by atoms with E-state index in [1.807, 2.05) is 31.2 Å². The molecule has 2 aliphatic rings. The number of ether oxygens (including phenoxy) is 1. The van der Waals surface area contributed by atoms with Crippen molar-refractivity contribution in [3.63, 3.8) is 0 Å². The minimum absolute atomic E-state index is 0.0216. The van der Waals surface area contributed by atoms with Gasteiger partial charge in [-0.15, -0.1) is 4.28 Å². The molecule has 0 aromatic heterocycles. The zero-order valence-corrected chi connectivity index (χ0v) is 17.8. The molecule has 0 spiro atoms. The van der Waals surface area contributed by atoms with Crippen molar-refractivity contribution in [3.05, 3.63) is 29.8 Å². The molecule has 1 aromatic carbocycles. The maximum Gasteiger partial charge on any atom is 0.418 e. The Bertz CT molecular complexity index is 894. The molecule has 2 saturated heterocycles. The first-order valence-corrected chi connectivity index (χ1v) is 11.2. The Labute approximate surface area is 180 Å². The Balaban J connectivity index is 1.48. The molecule has 2 heterocycles. The second-order valence-electron chi connectivity index (χ2n) is 7.39. The predicted octanol–water partition coefficient (Wildman–Crippen LogP) is 0.178. The van der Waals surface area contributed by atoms with Gasteiger partial charge in [-0.25, -0.2) is 10.3 Å². The lowest BCUT2D eigenvalue weighted by atomic mass is 10.0. The zero-order valence-electron chi connectivity index (χ0n) is 17.0. The lowest BCUT2D eigenvalue weighted by Gasteiger charge is -2.29. The van der Waals surface area contributed by atoms with Crippen LogP contribution in [0.1, 0.15) is 31.2 Å². The van der Waals surface area contributed by atoms with Crippen molar-refractivity contribution in [1.29, 1.82) is 0 Å². The number of nitrogens with zero attached hydrogens (tertiary/aromatic N) is 2. The monoisotopic (exact) mass is 458 g/mol. The molecule has 13 heteroatoms. The lowest BCUT2D eigenvalue weighted by Crippen LogP contribution is -2.49. The zero-order chi connectivity index (χ0) is 22.6. The molecule has 3 atom stereocenters. The van der Waals surface area contributed by atoms with E-state index in [-0.39, 0.29) is 19.1 Å². The number of piperidine rings is 1. The number of nitrogens with one attached hydrogen (secondary N) is 1. The molecule has 31 heavy (non-hydrogen) atoms. The Morgan fingerprint density at radius 1 is 1.32 bits per heavy atom. The summed E-state index contributed by atoms with van der Waals surface area (Å²) in [7, 11) is -4.83. The number of rotatable bonds is 10. The van der Waals surface area contributed by atoms with Crippen LogP contribution in [0, 0.1) is 0 Å². The molecule has 2 fully saturated rings. The van der Waals surface area contributed by atoms with Gasteiger partial charge >= 0.3 is 16.4 Å². The second-order valence-corrected chi connectivity index (χ2v) is 8.40. The highest BCUT2D eigenvalue weighted by atomic mass is 32.3. The van der Waals surface area contributed by atoms with E-state index < -0.39 is 34.4 Å². The Hall–Kier alpha value is -2.45. The SMILES string of the molecule is CC(CONC(=O)C1CCC2CN1C(=O)N2OS(=O)(=O)O)c1ccc(OCCN)cc1. The summed E-state index contributed by atoms with van der Waals surface area (Å²) in [6, 6.07) is 5.27. The van der Waals surface area contributed by atoms with Crippen molar-refractivity contribution in [3.8, 4) is 5.75 Å². The first kappa shape index (κ1) is 23.2. The quantitative estimate of drug-likeness (QED) is 0.328. The Morgan fingerprint density at radius 3 is 2.68 bits per heavy atom. The molecular formula is C18H26N4O8S.